The first-order chi connectivity index (χ1) is 16.8. The Morgan fingerprint density at radius 1 is 0.857 bits per heavy atom. The van der Waals surface area contributed by atoms with Crippen molar-refractivity contribution in [2.24, 2.45) is 0 Å². The Labute approximate surface area is 205 Å². The topological polar surface area (TPSA) is 125 Å². The molecule has 0 fully saturated rings. The van der Waals surface area contributed by atoms with Crippen LogP contribution in [-0.2, 0) is 27.8 Å². The summed E-state index contributed by atoms with van der Waals surface area (Å²) in [6.07, 6.45) is 0.868. The van der Waals surface area contributed by atoms with Crippen molar-refractivity contribution in [1.29, 1.82) is 0 Å². The molecular weight excluding hydrogens is 466 g/mol. The number of rotatable bonds is 11. The number of aliphatic carboxylic acids is 1. The summed E-state index contributed by atoms with van der Waals surface area (Å²) in [5.74, 6) is -1.25. The summed E-state index contributed by atoms with van der Waals surface area (Å²) < 4.78 is 28.4. The van der Waals surface area contributed by atoms with E-state index in [4.69, 9.17) is 0 Å². The fraction of sp³-hybridized carbons (Fsp3) is 0.231. The van der Waals surface area contributed by atoms with E-state index in [1.165, 1.54) is 12.1 Å². The van der Waals surface area contributed by atoms with Crippen molar-refractivity contribution in [2.45, 2.75) is 37.2 Å². The van der Waals surface area contributed by atoms with Gasteiger partial charge in [0.15, 0.2) is 0 Å². The van der Waals surface area contributed by atoms with E-state index in [2.05, 4.69) is 15.4 Å². The molecule has 0 bridgehead atoms. The third-order valence-electron chi connectivity index (χ3n) is 5.27. The van der Waals surface area contributed by atoms with E-state index in [1.54, 1.807) is 42.5 Å². The highest BCUT2D eigenvalue weighted by Gasteiger charge is 2.26. The molecule has 0 saturated carbocycles. The standard InChI is InChI=1S/C26H29N3O5S/c1-2-14-27-26(32)28-18-20-10-6-11-21(15-20)22-12-7-13-23(17-22)35(33,34)29-24(25(30)31)16-19-8-4-3-5-9-19/h3-13,15,17,24,29H,2,14,16,18H2,1H3,(H,30,31)(H2,27,28,32). The molecule has 0 heterocycles. The summed E-state index contributed by atoms with van der Waals surface area (Å²) in [5.41, 5.74) is 2.99. The van der Waals surface area contributed by atoms with Crippen molar-refractivity contribution in [3.8, 4) is 11.1 Å². The number of carboxylic acid groups (broad SMARTS) is 1. The zero-order valence-corrected chi connectivity index (χ0v) is 20.2. The fourth-order valence-electron chi connectivity index (χ4n) is 3.47. The second kappa shape index (κ2) is 12.1. The smallest absolute Gasteiger partial charge is 0.322 e. The lowest BCUT2D eigenvalue weighted by Crippen LogP contribution is -2.42. The van der Waals surface area contributed by atoms with Gasteiger partial charge in [-0.15, -0.1) is 0 Å². The number of benzene rings is 3. The molecule has 0 aliphatic heterocycles. The minimum absolute atomic E-state index is 0.0238. The van der Waals surface area contributed by atoms with Crippen LogP contribution in [0.2, 0.25) is 0 Å². The van der Waals surface area contributed by atoms with Gasteiger partial charge in [-0.2, -0.15) is 4.72 Å². The van der Waals surface area contributed by atoms with Gasteiger partial charge >= 0.3 is 12.0 Å². The molecule has 0 aliphatic carbocycles. The highest BCUT2D eigenvalue weighted by molar-refractivity contribution is 7.89. The Kier molecular flexibility index (Phi) is 8.99. The maximum Gasteiger partial charge on any atom is 0.322 e. The predicted molar refractivity (Wildman–Crippen MR) is 134 cm³/mol. The monoisotopic (exact) mass is 495 g/mol. The zero-order chi connectivity index (χ0) is 25.3. The predicted octanol–water partition coefficient (Wildman–Crippen LogP) is 3.54. The minimum Gasteiger partial charge on any atom is -0.480 e. The highest BCUT2D eigenvalue weighted by Crippen LogP contribution is 2.24. The van der Waals surface area contributed by atoms with Crippen LogP contribution < -0.4 is 15.4 Å². The zero-order valence-electron chi connectivity index (χ0n) is 19.4. The number of nitrogens with one attached hydrogen (secondary N) is 3. The number of hydrogen-bond acceptors (Lipinski definition) is 4. The Bertz CT molecular complexity index is 1260. The van der Waals surface area contributed by atoms with E-state index < -0.39 is 22.0 Å². The molecule has 0 saturated heterocycles. The van der Waals surface area contributed by atoms with Gasteiger partial charge in [0.05, 0.1) is 4.90 Å². The van der Waals surface area contributed by atoms with Gasteiger partial charge in [0.25, 0.3) is 0 Å². The molecule has 8 nitrogen and oxygen atoms in total. The summed E-state index contributed by atoms with van der Waals surface area (Å²) >= 11 is 0. The second-order valence-corrected chi connectivity index (χ2v) is 9.75. The van der Waals surface area contributed by atoms with Crippen LogP contribution in [0.3, 0.4) is 0 Å². The summed E-state index contributed by atoms with van der Waals surface area (Å²) in [5, 5.41) is 15.1. The molecule has 0 radical (unpaired) electrons. The van der Waals surface area contributed by atoms with Gasteiger partial charge in [0.1, 0.15) is 6.04 Å². The van der Waals surface area contributed by atoms with Crippen molar-refractivity contribution in [3.63, 3.8) is 0 Å². The van der Waals surface area contributed by atoms with Gasteiger partial charge in [-0.3, -0.25) is 4.79 Å². The quantitative estimate of drug-likeness (QED) is 0.324. The van der Waals surface area contributed by atoms with Crippen LogP contribution in [0.15, 0.2) is 83.8 Å². The molecule has 2 amide bonds. The van der Waals surface area contributed by atoms with Crippen molar-refractivity contribution >= 4 is 22.0 Å². The highest BCUT2D eigenvalue weighted by atomic mass is 32.2. The SMILES string of the molecule is CCCNC(=O)NCc1cccc(-c2cccc(S(=O)(=O)NC(Cc3ccccc3)C(=O)O)c2)c1. The van der Waals surface area contributed by atoms with Crippen LogP contribution in [-0.4, -0.2) is 38.1 Å². The lowest BCUT2D eigenvalue weighted by atomic mass is 10.0. The van der Waals surface area contributed by atoms with Crippen LogP contribution >= 0.6 is 0 Å². The third kappa shape index (κ3) is 7.66. The molecular formula is C26H29N3O5S. The minimum atomic E-state index is -4.09. The molecule has 9 heteroatoms. The van der Waals surface area contributed by atoms with Gasteiger partial charge in [-0.25, -0.2) is 13.2 Å². The summed E-state index contributed by atoms with van der Waals surface area (Å²) in [4.78, 5) is 23.5. The normalized spacial score (nSPS) is 12.0. The number of carbonyl (C=O) groups excluding carboxylic acids is 1. The first-order valence-electron chi connectivity index (χ1n) is 11.3. The molecule has 3 aromatic rings. The van der Waals surface area contributed by atoms with Gasteiger partial charge in [0.2, 0.25) is 10.0 Å². The van der Waals surface area contributed by atoms with Gasteiger partial charge in [-0.05, 0) is 53.3 Å². The largest absolute Gasteiger partial charge is 0.480 e. The average Bonchev–Trinajstić information content (AvgIpc) is 2.86. The Morgan fingerprint density at radius 3 is 2.20 bits per heavy atom. The summed E-state index contributed by atoms with van der Waals surface area (Å²) in [6, 6.07) is 21.0. The first kappa shape index (κ1) is 25.9. The summed E-state index contributed by atoms with van der Waals surface area (Å²) in [7, 11) is -4.09. The van der Waals surface area contributed by atoms with Gasteiger partial charge in [-0.1, -0.05) is 67.6 Å². The molecule has 0 aliphatic rings. The Morgan fingerprint density at radius 2 is 1.51 bits per heavy atom. The van der Waals surface area contributed by atoms with Gasteiger partial charge < -0.3 is 15.7 Å². The fourth-order valence-corrected chi connectivity index (χ4v) is 4.71. The molecule has 0 aromatic heterocycles. The molecule has 0 spiro atoms. The first-order valence-corrected chi connectivity index (χ1v) is 12.8. The molecule has 1 unspecified atom stereocenters. The van der Waals surface area contributed by atoms with Crippen LogP contribution in [0, 0.1) is 0 Å². The van der Waals surface area contributed by atoms with Crippen LogP contribution in [0.25, 0.3) is 11.1 Å². The number of hydrogen-bond donors (Lipinski definition) is 4. The molecule has 3 aromatic carbocycles. The van der Waals surface area contributed by atoms with Crippen molar-refractivity contribution < 1.29 is 23.1 Å². The number of sulfonamides is 1. The van der Waals surface area contributed by atoms with Crippen molar-refractivity contribution in [1.82, 2.24) is 15.4 Å². The lowest BCUT2D eigenvalue weighted by molar-refractivity contribution is -0.138. The van der Waals surface area contributed by atoms with E-state index >= 15 is 0 Å². The lowest BCUT2D eigenvalue weighted by Gasteiger charge is -2.15. The van der Waals surface area contributed by atoms with Crippen LogP contribution in [0.5, 0.6) is 0 Å². The molecule has 4 N–H and O–H groups in total. The summed E-state index contributed by atoms with van der Waals surface area (Å²) in [6.45, 7) is 2.89. The average molecular weight is 496 g/mol. The Balaban J connectivity index is 1.76. The number of carbonyl (C=O) groups is 2. The van der Waals surface area contributed by atoms with E-state index in [1.807, 2.05) is 31.2 Å². The Hall–Kier alpha value is -3.69. The van der Waals surface area contributed by atoms with E-state index in [0.29, 0.717) is 24.2 Å². The maximum absolute atomic E-state index is 13.0. The van der Waals surface area contributed by atoms with E-state index in [-0.39, 0.29) is 17.3 Å². The number of carboxylic acids is 1. The molecule has 35 heavy (non-hydrogen) atoms. The van der Waals surface area contributed by atoms with E-state index in [9.17, 15) is 23.1 Å². The third-order valence-corrected chi connectivity index (χ3v) is 6.74. The van der Waals surface area contributed by atoms with Crippen molar-refractivity contribution in [2.75, 3.05) is 6.54 Å². The van der Waals surface area contributed by atoms with Crippen LogP contribution in [0.4, 0.5) is 4.79 Å². The number of amides is 2. The van der Waals surface area contributed by atoms with E-state index in [0.717, 1.165) is 17.5 Å². The molecule has 3 rings (SSSR count). The second-order valence-electron chi connectivity index (χ2n) is 8.04. The van der Waals surface area contributed by atoms with Gasteiger partial charge in [0, 0.05) is 13.1 Å². The molecule has 1 atom stereocenters. The molecule has 184 valence electrons. The number of urea groups is 1. The van der Waals surface area contributed by atoms with Crippen LogP contribution in [0.1, 0.15) is 24.5 Å². The maximum atomic E-state index is 13.0. The van der Waals surface area contributed by atoms with Crippen molar-refractivity contribution in [3.05, 3.63) is 90.0 Å².